The monoisotopic (exact) mass is 529 g/mol. The fourth-order valence-electron chi connectivity index (χ4n) is 4.75. The molecule has 12 heteroatoms. The first-order valence-electron chi connectivity index (χ1n) is 12.4. The normalized spacial score (nSPS) is 15.9. The van der Waals surface area contributed by atoms with Crippen molar-refractivity contribution in [1.82, 2.24) is 24.8 Å². The molecule has 38 heavy (non-hydrogen) atoms. The molecule has 1 fully saturated rings. The molecule has 2 aromatic heterocycles. The number of H-pyrrole nitrogens is 1. The van der Waals surface area contributed by atoms with Crippen molar-refractivity contribution < 1.29 is 22.7 Å². The van der Waals surface area contributed by atoms with Gasteiger partial charge in [-0.3, -0.25) is 9.69 Å². The highest BCUT2D eigenvalue weighted by molar-refractivity contribution is 5.84. The van der Waals surface area contributed by atoms with Crippen molar-refractivity contribution in [3.63, 3.8) is 0 Å². The van der Waals surface area contributed by atoms with Crippen LogP contribution in [0.25, 0.3) is 22.3 Å². The van der Waals surface area contributed by atoms with E-state index in [2.05, 4.69) is 24.8 Å². The average molecular weight is 530 g/mol. The first-order chi connectivity index (χ1) is 18.1. The van der Waals surface area contributed by atoms with Gasteiger partial charge in [0.25, 0.3) is 0 Å². The number of alkyl halides is 3. The number of hydrogen-bond donors (Lipinski definition) is 2. The van der Waals surface area contributed by atoms with E-state index in [9.17, 15) is 23.2 Å². The molecule has 3 heterocycles. The second-order valence-electron chi connectivity index (χ2n) is 9.54. The molecule has 3 aromatic rings. The van der Waals surface area contributed by atoms with E-state index in [-0.39, 0.29) is 41.1 Å². The Morgan fingerprint density at radius 1 is 1.21 bits per heavy atom. The summed E-state index contributed by atoms with van der Waals surface area (Å²) in [4.78, 5) is 27.7. The molecule has 1 amide bonds. The van der Waals surface area contributed by atoms with Gasteiger partial charge < -0.3 is 20.4 Å². The number of aromatic nitrogens is 3. The topological polar surface area (TPSA) is 124 Å². The van der Waals surface area contributed by atoms with Crippen molar-refractivity contribution in [3.05, 3.63) is 41.3 Å². The van der Waals surface area contributed by atoms with Crippen LogP contribution in [0, 0.1) is 17.2 Å². The lowest BCUT2D eigenvalue weighted by Gasteiger charge is -2.35. The van der Waals surface area contributed by atoms with Gasteiger partial charge in [-0.25, -0.2) is 9.97 Å². The first-order valence-corrected chi connectivity index (χ1v) is 12.4. The van der Waals surface area contributed by atoms with Crippen LogP contribution in [0.1, 0.15) is 37.4 Å². The lowest BCUT2D eigenvalue weighted by atomic mass is 10.1. The summed E-state index contributed by atoms with van der Waals surface area (Å²) >= 11 is 0. The van der Waals surface area contributed by atoms with Crippen LogP contribution in [0.2, 0.25) is 0 Å². The predicted octanol–water partition coefficient (Wildman–Crippen LogP) is 3.54. The molecule has 0 aliphatic carbocycles. The molecule has 9 nitrogen and oxygen atoms in total. The molecular formula is C26H30F3N7O2. The summed E-state index contributed by atoms with van der Waals surface area (Å²) in [5.41, 5.74) is 5.80. The van der Waals surface area contributed by atoms with Crippen LogP contribution in [-0.2, 0) is 17.5 Å². The number of nitriles is 1. The maximum atomic E-state index is 13.6. The van der Waals surface area contributed by atoms with Crippen LogP contribution < -0.4 is 10.5 Å². The molecule has 1 unspecified atom stereocenters. The SMILES string of the molecule is CCOc1ccc(-c2cc3[nH]c(CN4CCN(CC(C)CC(N)=O)CC4)nc3c(C#N)n2)cc1C(F)(F)F. The Morgan fingerprint density at radius 3 is 2.55 bits per heavy atom. The van der Waals surface area contributed by atoms with Gasteiger partial charge in [0.15, 0.2) is 5.69 Å². The maximum Gasteiger partial charge on any atom is 0.419 e. The van der Waals surface area contributed by atoms with Crippen molar-refractivity contribution >= 4 is 16.9 Å². The van der Waals surface area contributed by atoms with Crippen molar-refractivity contribution in [2.24, 2.45) is 11.7 Å². The number of carbonyl (C=O) groups excluding carboxylic acids is 1. The largest absolute Gasteiger partial charge is 0.493 e. The summed E-state index contributed by atoms with van der Waals surface area (Å²) in [5, 5.41) is 9.68. The second kappa shape index (κ2) is 11.4. The summed E-state index contributed by atoms with van der Waals surface area (Å²) in [7, 11) is 0. The Bertz CT molecular complexity index is 1340. The number of nitrogens with zero attached hydrogens (tertiary/aromatic N) is 5. The zero-order valence-electron chi connectivity index (χ0n) is 21.3. The van der Waals surface area contributed by atoms with Gasteiger partial charge in [-0.05, 0) is 37.1 Å². The quantitative estimate of drug-likeness (QED) is 0.434. The highest BCUT2D eigenvalue weighted by atomic mass is 19.4. The number of aromatic amines is 1. The number of halogens is 3. The minimum absolute atomic E-state index is 0.0377. The highest BCUT2D eigenvalue weighted by Crippen LogP contribution is 2.39. The number of rotatable bonds is 9. The van der Waals surface area contributed by atoms with Gasteiger partial charge in [0.2, 0.25) is 5.91 Å². The van der Waals surface area contributed by atoms with E-state index < -0.39 is 11.7 Å². The summed E-state index contributed by atoms with van der Waals surface area (Å²) in [6, 6.07) is 7.38. The van der Waals surface area contributed by atoms with Gasteiger partial charge in [0, 0.05) is 44.7 Å². The Hall–Kier alpha value is -3.69. The fraction of sp³-hybridized carbons (Fsp3) is 0.462. The molecule has 0 bridgehead atoms. The van der Waals surface area contributed by atoms with E-state index in [4.69, 9.17) is 10.5 Å². The molecule has 1 aliphatic heterocycles. The third-order valence-electron chi connectivity index (χ3n) is 6.46. The van der Waals surface area contributed by atoms with E-state index in [0.717, 1.165) is 38.8 Å². The van der Waals surface area contributed by atoms with Gasteiger partial charge in [0.1, 0.15) is 23.2 Å². The van der Waals surface area contributed by atoms with Crippen LogP contribution in [0.4, 0.5) is 13.2 Å². The zero-order chi connectivity index (χ0) is 27.4. The number of benzene rings is 1. The predicted molar refractivity (Wildman–Crippen MR) is 135 cm³/mol. The summed E-state index contributed by atoms with van der Waals surface area (Å²) < 4.78 is 46.0. The summed E-state index contributed by atoms with van der Waals surface area (Å²) in [5.74, 6) is 0.298. The minimum Gasteiger partial charge on any atom is -0.493 e. The van der Waals surface area contributed by atoms with Gasteiger partial charge in [0.05, 0.1) is 29.9 Å². The number of imidazole rings is 1. The van der Waals surface area contributed by atoms with Crippen LogP contribution >= 0.6 is 0 Å². The third kappa shape index (κ3) is 6.41. The van der Waals surface area contributed by atoms with Crippen molar-refractivity contribution in [1.29, 1.82) is 5.26 Å². The van der Waals surface area contributed by atoms with E-state index in [0.29, 0.717) is 29.8 Å². The lowest BCUT2D eigenvalue weighted by Crippen LogP contribution is -2.47. The summed E-state index contributed by atoms with van der Waals surface area (Å²) in [6.07, 6.45) is -4.24. The molecule has 0 spiro atoms. The van der Waals surface area contributed by atoms with Crippen LogP contribution in [0.5, 0.6) is 5.75 Å². The number of hydrogen-bond acceptors (Lipinski definition) is 7. The number of carbonyl (C=O) groups is 1. The van der Waals surface area contributed by atoms with Crippen molar-refractivity contribution in [3.8, 4) is 23.1 Å². The first kappa shape index (κ1) is 27.3. The molecule has 0 saturated carbocycles. The maximum absolute atomic E-state index is 13.6. The molecular weight excluding hydrogens is 499 g/mol. The fourth-order valence-corrected chi connectivity index (χ4v) is 4.75. The second-order valence-corrected chi connectivity index (χ2v) is 9.54. The van der Waals surface area contributed by atoms with Crippen LogP contribution in [0.3, 0.4) is 0 Å². The smallest absolute Gasteiger partial charge is 0.419 e. The number of nitrogens with one attached hydrogen (secondary N) is 1. The molecule has 1 saturated heterocycles. The van der Waals surface area contributed by atoms with Gasteiger partial charge in [-0.1, -0.05) is 6.92 Å². The van der Waals surface area contributed by atoms with Crippen molar-refractivity contribution in [2.75, 3.05) is 39.3 Å². The lowest BCUT2D eigenvalue weighted by molar-refractivity contribution is -0.138. The number of amides is 1. The molecule has 0 radical (unpaired) electrons. The molecule has 1 atom stereocenters. The number of ether oxygens (including phenoxy) is 1. The Balaban J connectivity index is 1.52. The van der Waals surface area contributed by atoms with Crippen molar-refractivity contribution in [2.45, 2.75) is 33.0 Å². The van der Waals surface area contributed by atoms with Gasteiger partial charge in [-0.2, -0.15) is 18.4 Å². The average Bonchev–Trinajstić information content (AvgIpc) is 3.26. The number of fused-ring (bicyclic) bond motifs is 1. The Labute approximate surface area is 218 Å². The highest BCUT2D eigenvalue weighted by Gasteiger charge is 2.35. The molecule has 202 valence electrons. The molecule has 4 rings (SSSR count). The number of primary amides is 1. The Morgan fingerprint density at radius 2 is 1.92 bits per heavy atom. The third-order valence-corrected chi connectivity index (χ3v) is 6.46. The van der Waals surface area contributed by atoms with Gasteiger partial charge in [-0.15, -0.1) is 0 Å². The zero-order valence-corrected chi connectivity index (χ0v) is 21.3. The van der Waals surface area contributed by atoms with E-state index in [1.165, 1.54) is 12.1 Å². The molecule has 1 aliphatic rings. The van der Waals surface area contributed by atoms with Crippen LogP contribution in [-0.4, -0.2) is 70.0 Å². The van der Waals surface area contributed by atoms with E-state index in [1.807, 2.05) is 13.0 Å². The van der Waals surface area contributed by atoms with E-state index in [1.54, 1.807) is 13.0 Å². The van der Waals surface area contributed by atoms with Crippen LogP contribution in [0.15, 0.2) is 24.3 Å². The van der Waals surface area contributed by atoms with Gasteiger partial charge >= 0.3 is 6.18 Å². The Kier molecular flexibility index (Phi) is 8.18. The summed E-state index contributed by atoms with van der Waals surface area (Å²) in [6.45, 7) is 8.37. The molecule has 3 N–H and O–H groups in total. The number of pyridine rings is 1. The molecule has 1 aromatic carbocycles. The minimum atomic E-state index is -4.60. The number of piperazine rings is 1. The number of nitrogens with two attached hydrogens (primary N) is 1. The van der Waals surface area contributed by atoms with E-state index >= 15 is 0 Å². The standard InChI is InChI=1S/C26H30F3N7O2/c1-3-38-22-5-4-17(11-18(22)26(27,28)29)19-12-20-25(21(13-30)32-19)34-24(33-20)15-36-8-6-35(7-9-36)14-16(2)10-23(31)37/h4-5,11-12,16H,3,6-10,14-15H2,1-2H3,(H2,31,37)(H,33,34).